The number of imidazole rings is 1. The Morgan fingerprint density at radius 2 is 1.91 bits per heavy atom. The largest absolute Gasteiger partial charge is 0.464 e. The molecule has 0 fully saturated rings. The summed E-state index contributed by atoms with van der Waals surface area (Å²) in [5, 5.41) is 2.75. The number of aromatic nitrogens is 3. The Balaban J connectivity index is 1.71. The number of esters is 1. The molecule has 4 rings (SSSR count). The van der Waals surface area contributed by atoms with E-state index < -0.39 is 23.9 Å². The second kappa shape index (κ2) is 9.47. The minimum atomic E-state index is -0.639. The van der Waals surface area contributed by atoms with Gasteiger partial charge in [-0.1, -0.05) is 36.4 Å². The van der Waals surface area contributed by atoms with Gasteiger partial charge in [0.15, 0.2) is 0 Å². The normalized spacial score (nSPS) is 11.7. The van der Waals surface area contributed by atoms with Crippen molar-refractivity contribution in [2.24, 2.45) is 0 Å². The zero-order chi connectivity index (χ0) is 23.4. The maximum atomic E-state index is 14.0. The van der Waals surface area contributed by atoms with E-state index in [1.807, 2.05) is 30.3 Å². The lowest BCUT2D eigenvalue weighted by molar-refractivity contribution is 0.0592. The molecule has 1 N–H and O–H groups in total. The van der Waals surface area contributed by atoms with Gasteiger partial charge in [-0.15, -0.1) is 0 Å². The van der Waals surface area contributed by atoms with E-state index in [0.29, 0.717) is 22.6 Å². The second-order valence-corrected chi connectivity index (χ2v) is 7.26. The fourth-order valence-electron chi connectivity index (χ4n) is 3.51. The predicted octanol–water partition coefficient (Wildman–Crippen LogP) is 4.31. The van der Waals surface area contributed by atoms with Crippen molar-refractivity contribution in [1.29, 1.82) is 0 Å². The van der Waals surface area contributed by atoms with Crippen LogP contribution in [0.2, 0.25) is 0 Å². The summed E-state index contributed by atoms with van der Waals surface area (Å²) in [4.78, 5) is 33.4. The first kappa shape index (κ1) is 21.9. The summed E-state index contributed by atoms with van der Waals surface area (Å²) < 4.78 is 25.8. The molecule has 3 heterocycles. The minimum Gasteiger partial charge on any atom is -0.464 e. The number of pyridine rings is 2. The number of methoxy groups -OCH3 is 1. The molecular formula is C24H21FN4O4. The first-order valence-corrected chi connectivity index (χ1v) is 10.2. The van der Waals surface area contributed by atoms with Gasteiger partial charge < -0.3 is 14.8 Å². The van der Waals surface area contributed by atoms with Gasteiger partial charge in [0.05, 0.1) is 30.7 Å². The zero-order valence-electron chi connectivity index (χ0n) is 18.0. The van der Waals surface area contributed by atoms with E-state index >= 15 is 0 Å². The van der Waals surface area contributed by atoms with E-state index in [2.05, 4.69) is 15.3 Å². The lowest BCUT2D eigenvalue weighted by atomic mass is 10.1. The van der Waals surface area contributed by atoms with Gasteiger partial charge in [-0.05, 0) is 30.7 Å². The van der Waals surface area contributed by atoms with E-state index in [0.717, 1.165) is 11.8 Å². The molecule has 4 aromatic rings. The third-order valence-corrected chi connectivity index (χ3v) is 5.00. The van der Waals surface area contributed by atoms with Gasteiger partial charge in [0.2, 0.25) is 0 Å². The molecule has 0 saturated carbocycles. The quantitative estimate of drug-likeness (QED) is 0.442. The van der Waals surface area contributed by atoms with Crippen molar-refractivity contribution in [2.75, 3.05) is 7.11 Å². The third-order valence-electron chi connectivity index (χ3n) is 5.00. The molecule has 1 amide bonds. The summed E-state index contributed by atoms with van der Waals surface area (Å²) in [6.07, 6.45) is 1.90. The molecular weight excluding hydrogens is 427 g/mol. The summed E-state index contributed by atoms with van der Waals surface area (Å²) in [6.45, 7) is 1.83. The Hall–Kier alpha value is -4.27. The van der Waals surface area contributed by atoms with Gasteiger partial charge in [0.25, 0.3) is 0 Å². The van der Waals surface area contributed by atoms with Gasteiger partial charge in [-0.3, -0.25) is 9.38 Å². The summed E-state index contributed by atoms with van der Waals surface area (Å²) in [7, 11) is 1.27. The van der Waals surface area contributed by atoms with Crippen LogP contribution in [-0.2, 0) is 16.1 Å². The first-order valence-electron chi connectivity index (χ1n) is 10.2. The van der Waals surface area contributed by atoms with Crippen LogP contribution in [0.4, 0.5) is 9.18 Å². The zero-order valence-corrected chi connectivity index (χ0v) is 18.0. The highest BCUT2D eigenvalue weighted by Crippen LogP contribution is 2.31. The molecule has 9 heteroatoms. The standard InChI is InChI=1S/C24H21FN4O4/c1-15(27-24(31)33-14-16-7-4-3-5-8-16)21-22(17-11-18(25)13-26-12-17)29-19(23(30)32-2)9-6-10-20(29)28-21/h3-13,15H,14H2,1-2H3,(H,27,31)/t15-/m0/s1. The molecule has 0 aliphatic heterocycles. The highest BCUT2D eigenvalue weighted by molar-refractivity contribution is 5.89. The van der Waals surface area contributed by atoms with Crippen LogP contribution in [0.5, 0.6) is 0 Å². The van der Waals surface area contributed by atoms with Crippen molar-refractivity contribution < 1.29 is 23.5 Å². The summed E-state index contributed by atoms with van der Waals surface area (Å²) in [6, 6.07) is 14.9. The number of hydrogen-bond donors (Lipinski definition) is 1. The number of benzene rings is 1. The molecule has 0 spiro atoms. The number of alkyl carbamates (subject to hydrolysis) is 1. The van der Waals surface area contributed by atoms with Gasteiger partial charge in [0.1, 0.15) is 23.8 Å². The van der Waals surface area contributed by atoms with E-state index in [9.17, 15) is 14.0 Å². The van der Waals surface area contributed by atoms with Crippen LogP contribution in [0.3, 0.4) is 0 Å². The number of halogens is 1. The molecule has 168 valence electrons. The highest BCUT2D eigenvalue weighted by atomic mass is 19.1. The molecule has 8 nitrogen and oxygen atoms in total. The molecule has 0 saturated heterocycles. The van der Waals surface area contributed by atoms with Crippen LogP contribution in [0, 0.1) is 5.82 Å². The van der Waals surface area contributed by atoms with E-state index in [4.69, 9.17) is 9.47 Å². The third kappa shape index (κ3) is 4.67. The van der Waals surface area contributed by atoms with Crippen molar-refractivity contribution in [1.82, 2.24) is 19.7 Å². The lowest BCUT2D eigenvalue weighted by Crippen LogP contribution is -2.28. The lowest BCUT2D eigenvalue weighted by Gasteiger charge is -2.15. The van der Waals surface area contributed by atoms with Crippen molar-refractivity contribution in [3.63, 3.8) is 0 Å². The maximum Gasteiger partial charge on any atom is 0.407 e. The number of carbonyl (C=O) groups is 2. The van der Waals surface area contributed by atoms with E-state index in [1.54, 1.807) is 29.5 Å². The predicted molar refractivity (Wildman–Crippen MR) is 118 cm³/mol. The van der Waals surface area contributed by atoms with E-state index in [1.165, 1.54) is 19.4 Å². The average Bonchev–Trinajstić information content (AvgIpc) is 3.23. The number of fused-ring (bicyclic) bond motifs is 1. The molecule has 3 aromatic heterocycles. The molecule has 0 unspecified atom stereocenters. The molecule has 0 bridgehead atoms. The molecule has 0 aliphatic rings. The Labute approximate surface area is 189 Å². The summed E-state index contributed by atoms with van der Waals surface area (Å²) >= 11 is 0. The van der Waals surface area contributed by atoms with Crippen LogP contribution in [0.25, 0.3) is 16.9 Å². The molecule has 0 radical (unpaired) electrons. The summed E-state index contributed by atoms with van der Waals surface area (Å²) in [5.74, 6) is -1.13. The average molecular weight is 448 g/mol. The number of nitrogens with zero attached hydrogens (tertiary/aromatic N) is 3. The first-order chi connectivity index (χ1) is 16.0. The topological polar surface area (TPSA) is 94.8 Å². The maximum absolute atomic E-state index is 14.0. The minimum absolute atomic E-state index is 0.109. The molecule has 1 aromatic carbocycles. The SMILES string of the molecule is COC(=O)c1cccc2nc([C@H](C)NC(=O)OCc3ccccc3)c(-c3cncc(F)c3)n12. The van der Waals surface area contributed by atoms with Crippen molar-refractivity contribution in [2.45, 2.75) is 19.6 Å². The highest BCUT2D eigenvalue weighted by Gasteiger charge is 2.25. The van der Waals surface area contributed by atoms with Crippen LogP contribution < -0.4 is 5.32 Å². The number of amides is 1. The monoisotopic (exact) mass is 448 g/mol. The van der Waals surface area contributed by atoms with E-state index in [-0.39, 0.29) is 12.3 Å². The van der Waals surface area contributed by atoms with Crippen molar-refractivity contribution in [3.05, 3.63) is 89.8 Å². The number of ether oxygens (including phenoxy) is 2. The number of carbonyl (C=O) groups excluding carboxylic acids is 2. The number of hydrogen-bond acceptors (Lipinski definition) is 6. The van der Waals surface area contributed by atoms with Crippen LogP contribution in [-0.4, -0.2) is 33.5 Å². The number of rotatable bonds is 6. The number of nitrogens with one attached hydrogen (secondary N) is 1. The van der Waals surface area contributed by atoms with Gasteiger partial charge >= 0.3 is 12.1 Å². The summed E-state index contributed by atoms with van der Waals surface area (Å²) in [5.41, 5.74) is 2.69. The Morgan fingerprint density at radius 1 is 1.12 bits per heavy atom. The Morgan fingerprint density at radius 3 is 2.64 bits per heavy atom. The van der Waals surface area contributed by atoms with Crippen molar-refractivity contribution >= 4 is 17.7 Å². The smallest absolute Gasteiger partial charge is 0.407 e. The second-order valence-electron chi connectivity index (χ2n) is 7.26. The van der Waals surface area contributed by atoms with Crippen LogP contribution >= 0.6 is 0 Å². The van der Waals surface area contributed by atoms with Gasteiger partial charge in [-0.25, -0.2) is 19.0 Å². The van der Waals surface area contributed by atoms with Gasteiger partial charge in [-0.2, -0.15) is 0 Å². The fraction of sp³-hybridized carbons (Fsp3) is 0.167. The molecule has 0 aliphatic carbocycles. The molecule has 1 atom stereocenters. The fourth-order valence-corrected chi connectivity index (χ4v) is 3.51. The Kier molecular flexibility index (Phi) is 6.30. The Bertz CT molecular complexity index is 1310. The van der Waals surface area contributed by atoms with Crippen LogP contribution in [0.1, 0.15) is 34.7 Å². The molecule has 33 heavy (non-hydrogen) atoms. The van der Waals surface area contributed by atoms with Crippen molar-refractivity contribution in [3.8, 4) is 11.3 Å². The van der Waals surface area contributed by atoms with Crippen LogP contribution in [0.15, 0.2) is 67.0 Å². The van der Waals surface area contributed by atoms with Gasteiger partial charge in [0, 0.05) is 11.8 Å².